The van der Waals surface area contributed by atoms with Crippen LogP contribution >= 0.6 is 0 Å². The van der Waals surface area contributed by atoms with Crippen LogP contribution in [0.4, 0.5) is 4.39 Å². The van der Waals surface area contributed by atoms with Gasteiger partial charge in [0.15, 0.2) is 11.5 Å². The summed E-state index contributed by atoms with van der Waals surface area (Å²) in [5.74, 6) is -0.388. The molecule has 2 bridgehead atoms. The molecule has 2 saturated carbocycles. The highest BCUT2D eigenvalue weighted by Gasteiger charge is 2.72. The second kappa shape index (κ2) is 10.8. The summed E-state index contributed by atoms with van der Waals surface area (Å²) in [5, 5.41) is 0. The fraction of sp³-hybridized carbons (Fsp3) is 0.412. The minimum Gasteiger partial charge on any atom is -0.493 e. The molecule has 3 aromatic carbocycles. The maximum absolute atomic E-state index is 15.5. The van der Waals surface area contributed by atoms with Gasteiger partial charge in [0.25, 0.3) is 5.91 Å². The summed E-state index contributed by atoms with van der Waals surface area (Å²) in [5.41, 5.74) is 1.55. The monoisotopic (exact) mass is 604 g/mol. The van der Waals surface area contributed by atoms with Crippen molar-refractivity contribution >= 4 is 21.6 Å². The molecule has 1 saturated heterocycles. The zero-order valence-electron chi connectivity index (χ0n) is 24.9. The van der Waals surface area contributed by atoms with E-state index in [9.17, 15) is 13.2 Å². The van der Waals surface area contributed by atoms with E-state index in [1.54, 1.807) is 0 Å². The number of hydrogen-bond acceptors (Lipinski definition) is 6. The zero-order chi connectivity index (χ0) is 30.6. The molecule has 6 rings (SSSR count). The van der Waals surface area contributed by atoms with Gasteiger partial charge in [0, 0.05) is 29.0 Å². The van der Waals surface area contributed by atoms with Gasteiger partial charge >= 0.3 is 0 Å². The number of sulfonamides is 1. The lowest BCUT2D eigenvalue weighted by Crippen LogP contribution is -2.48. The maximum atomic E-state index is 15.5. The molecule has 0 aromatic heterocycles. The molecular formula is C34H37FN2O5S. The molecule has 1 aliphatic heterocycles. The van der Waals surface area contributed by atoms with Crippen molar-refractivity contribution in [2.45, 2.75) is 51.6 Å². The predicted octanol–water partition coefficient (Wildman–Crippen LogP) is 5.66. The molecule has 2 aliphatic carbocycles. The van der Waals surface area contributed by atoms with Crippen molar-refractivity contribution in [1.82, 2.24) is 4.31 Å². The van der Waals surface area contributed by atoms with Gasteiger partial charge in [0.05, 0.1) is 31.7 Å². The van der Waals surface area contributed by atoms with Gasteiger partial charge < -0.3 is 9.47 Å². The fourth-order valence-electron chi connectivity index (χ4n) is 7.84. The molecule has 1 heterocycles. The van der Waals surface area contributed by atoms with Crippen LogP contribution in [0.3, 0.4) is 0 Å². The van der Waals surface area contributed by atoms with Gasteiger partial charge in [0.2, 0.25) is 10.0 Å². The average molecular weight is 605 g/mol. The molecule has 0 N–H and O–H groups in total. The second-order valence-electron chi connectivity index (χ2n) is 12.5. The van der Waals surface area contributed by atoms with Crippen molar-refractivity contribution in [1.29, 1.82) is 0 Å². The molecule has 4 atom stereocenters. The third kappa shape index (κ3) is 4.72. The Morgan fingerprint density at radius 2 is 1.58 bits per heavy atom. The first kappa shape index (κ1) is 29.4. The van der Waals surface area contributed by atoms with E-state index in [0.29, 0.717) is 23.8 Å². The summed E-state index contributed by atoms with van der Waals surface area (Å²) in [6.45, 7) is 4.29. The maximum Gasteiger partial charge on any atom is 0.261 e. The van der Waals surface area contributed by atoms with E-state index in [4.69, 9.17) is 14.5 Å². The number of methoxy groups -OCH3 is 2. The van der Waals surface area contributed by atoms with E-state index >= 15 is 4.39 Å². The van der Waals surface area contributed by atoms with Crippen LogP contribution in [0.5, 0.6) is 11.5 Å². The molecule has 0 radical (unpaired) electrons. The van der Waals surface area contributed by atoms with Gasteiger partial charge in [-0.05, 0) is 42.2 Å². The van der Waals surface area contributed by atoms with E-state index < -0.39 is 39.2 Å². The van der Waals surface area contributed by atoms with Gasteiger partial charge in [-0.15, -0.1) is 0 Å². The Labute approximate surface area is 252 Å². The number of aliphatic imine (C=N–C) groups is 1. The summed E-state index contributed by atoms with van der Waals surface area (Å²) >= 11 is 0. The summed E-state index contributed by atoms with van der Waals surface area (Å²) < 4.78 is 55.0. The number of halogens is 1. The van der Waals surface area contributed by atoms with Crippen LogP contribution in [0.2, 0.25) is 0 Å². The van der Waals surface area contributed by atoms with Crippen LogP contribution < -0.4 is 9.47 Å². The molecule has 3 fully saturated rings. The van der Waals surface area contributed by atoms with Crippen LogP contribution in [0, 0.1) is 22.6 Å². The van der Waals surface area contributed by atoms with Crippen molar-refractivity contribution in [2.24, 2.45) is 21.7 Å². The van der Waals surface area contributed by atoms with E-state index in [2.05, 4.69) is 13.8 Å². The third-order valence-electron chi connectivity index (χ3n) is 10.3. The molecule has 1 spiro atoms. The van der Waals surface area contributed by atoms with E-state index in [0.717, 1.165) is 28.3 Å². The van der Waals surface area contributed by atoms with E-state index in [1.807, 2.05) is 60.7 Å². The highest BCUT2D eigenvalue weighted by atomic mass is 32.2. The average Bonchev–Trinajstić information content (AvgIpc) is 3.48. The SMILES string of the molecule is COc1cc(F)c(C[C@H](N=C(c2ccccc2)c2ccccc2)C(=O)N2[C@@H]3C[C@H]4CC[C@]3(CS2(=O)=O)C4(C)C)cc1OC. The van der Waals surface area contributed by atoms with Crippen molar-refractivity contribution < 1.29 is 27.1 Å². The minimum absolute atomic E-state index is 0.0503. The molecule has 9 heteroatoms. The first-order valence-corrected chi connectivity index (χ1v) is 16.3. The van der Waals surface area contributed by atoms with Crippen LogP contribution in [-0.2, 0) is 21.2 Å². The summed E-state index contributed by atoms with van der Waals surface area (Å²) in [6, 6.07) is 19.9. The van der Waals surface area contributed by atoms with Crippen molar-refractivity contribution in [3.63, 3.8) is 0 Å². The molecule has 0 unspecified atom stereocenters. The highest BCUT2D eigenvalue weighted by molar-refractivity contribution is 7.90. The van der Waals surface area contributed by atoms with Gasteiger partial charge in [-0.1, -0.05) is 74.5 Å². The Morgan fingerprint density at radius 3 is 2.14 bits per heavy atom. The number of ether oxygens (including phenoxy) is 2. The number of nitrogens with zero attached hydrogens (tertiary/aromatic N) is 2. The fourth-order valence-corrected chi connectivity index (χ4v) is 10.4. The number of benzene rings is 3. The predicted molar refractivity (Wildman–Crippen MR) is 163 cm³/mol. The molecular weight excluding hydrogens is 567 g/mol. The van der Waals surface area contributed by atoms with Crippen molar-refractivity contribution in [3.05, 3.63) is 95.3 Å². The van der Waals surface area contributed by atoms with Crippen LogP contribution in [0.1, 0.15) is 49.8 Å². The minimum atomic E-state index is -3.92. The second-order valence-corrected chi connectivity index (χ2v) is 14.3. The normalized spacial score (nSPS) is 25.2. The Morgan fingerprint density at radius 1 is 1.00 bits per heavy atom. The molecule has 3 aliphatic rings. The van der Waals surface area contributed by atoms with E-state index in [1.165, 1.54) is 26.4 Å². The smallest absolute Gasteiger partial charge is 0.261 e. The zero-order valence-corrected chi connectivity index (χ0v) is 25.7. The highest BCUT2D eigenvalue weighted by Crippen LogP contribution is 2.70. The quantitative estimate of drug-likeness (QED) is 0.310. The standard InChI is InChI=1S/C34H37FN2O5S/c1-33(2)25-15-16-34(33)21-43(39,40)37(30(34)19-25)32(38)27(17-24-18-28(41-3)29(42-4)20-26(24)35)36-31(22-11-7-5-8-12-22)23-13-9-6-10-14-23/h5-14,18,20,25,27,30H,15-17,19,21H2,1-4H3/t25-,27+,30-,34-/m1/s1. The number of fused-ring (bicyclic) bond motifs is 1. The number of hydrogen-bond donors (Lipinski definition) is 0. The Hall–Kier alpha value is -3.72. The Bertz CT molecular complexity index is 1630. The number of carbonyl (C=O) groups is 1. The lowest BCUT2D eigenvalue weighted by molar-refractivity contribution is -0.130. The molecule has 1 amide bonds. The largest absolute Gasteiger partial charge is 0.493 e. The van der Waals surface area contributed by atoms with Gasteiger partial charge in [-0.3, -0.25) is 9.79 Å². The van der Waals surface area contributed by atoms with Crippen LogP contribution in [-0.4, -0.2) is 56.4 Å². The van der Waals surface area contributed by atoms with Crippen molar-refractivity contribution in [2.75, 3.05) is 20.0 Å². The van der Waals surface area contributed by atoms with Crippen molar-refractivity contribution in [3.8, 4) is 11.5 Å². The molecule has 3 aromatic rings. The van der Waals surface area contributed by atoms with Gasteiger partial charge in [-0.25, -0.2) is 17.1 Å². The number of rotatable bonds is 8. The lowest BCUT2D eigenvalue weighted by Gasteiger charge is -2.37. The van der Waals surface area contributed by atoms with E-state index in [-0.39, 0.29) is 28.9 Å². The third-order valence-corrected chi connectivity index (χ3v) is 12.2. The Kier molecular flexibility index (Phi) is 7.35. The topological polar surface area (TPSA) is 85.3 Å². The van der Waals surface area contributed by atoms with Gasteiger partial charge in [0.1, 0.15) is 11.9 Å². The number of amides is 1. The first-order valence-electron chi connectivity index (χ1n) is 14.7. The molecule has 7 nitrogen and oxygen atoms in total. The summed E-state index contributed by atoms with van der Waals surface area (Å²) in [4.78, 5) is 19.6. The van der Waals surface area contributed by atoms with Crippen LogP contribution in [0.15, 0.2) is 77.8 Å². The lowest BCUT2D eigenvalue weighted by atomic mass is 9.69. The summed E-state index contributed by atoms with van der Waals surface area (Å²) in [6.07, 6.45) is 2.22. The van der Waals surface area contributed by atoms with Crippen LogP contribution in [0.25, 0.3) is 0 Å². The summed E-state index contributed by atoms with van der Waals surface area (Å²) in [7, 11) is -1.04. The molecule has 226 valence electrons. The first-order chi connectivity index (χ1) is 20.5. The number of carbonyl (C=O) groups excluding carboxylic acids is 1. The van der Waals surface area contributed by atoms with Gasteiger partial charge in [-0.2, -0.15) is 0 Å². The molecule has 43 heavy (non-hydrogen) atoms. The Balaban J connectivity index is 1.49.